The van der Waals surface area contributed by atoms with Gasteiger partial charge in [-0.15, -0.1) is 0 Å². The van der Waals surface area contributed by atoms with E-state index in [1.807, 2.05) is 18.7 Å². The Labute approximate surface area is 88.0 Å². The van der Waals surface area contributed by atoms with Gasteiger partial charge in [0.05, 0.1) is 6.54 Å². The first kappa shape index (κ1) is 9.95. The van der Waals surface area contributed by atoms with Crippen LogP contribution in [0.2, 0.25) is 0 Å². The zero-order chi connectivity index (χ0) is 10.8. The van der Waals surface area contributed by atoms with Gasteiger partial charge in [-0.05, 0) is 13.8 Å². The molecule has 82 valence electrons. The Hall–Kier alpha value is -1.59. The average Bonchev–Trinajstić information content (AvgIpc) is 2.68. The highest BCUT2D eigenvalue weighted by Crippen LogP contribution is 2.14. The summed E-state index contributed by atoms with van der Waals surface area (Å²) in [6, 6.07) is 0.511. The molecular formula is C9H15N5O. The lowest BCUT2D eigenvalue weighted by Crippen LogP contribution is -2.30. The topological polar surface area (TPSA) is 67.0 Å². The number of fused-ring (bicyclic) bond motifs is 1. The molecule has 0 amide bonds. The summed E-state index contributed by atoms with van der Waals surface area (Å²) in [4.78, 5) is 10.4. The van der Waals surface area contributed by atoms with Crippen molar-refractivity contribution in [1.29, 1.82) is 5.41 Å². The van der Waals surface area contributed by atoms with E-state index in [0.717, 1.165) is 13.1 Å². The molecule has 1 aliphatic heterocycles. The zero-order valence-electron chi connectivity index (χ0n) is 9.03. The van der Waals surface area contributed by atoms with Gasteiger partial charge in [0.1, 0.15) is 6.61 Å². The van der Waals surface area contributed by atoms with E-state index < -0.39 is 0 Å². The Morgan fingerprint density at radius 3 is 2.80 bits per heavy atom. The number of rotatable bonds is 3. The highest BCUT2D eigenvalue weighted by molar-refractivity contribution is 5.29. The van der Waals surface area contributed by atoms with Crippen molar-refractivity contribution in [1.82, 2.24) is 14.5 Å². The molecule has 0 atom stereocenters. The number of nitrogens with zero attached hydrogens (tertiary/aromatic N) is 4. The number of nitrogens with one attached hydrogen (secondary N) is 1. The minimum absolute atomic E-state index is 0.222. The Morgan fingerprint density at radius 1 is 1.40 bits per heavy atom. The van der Waals surface area contributed by atoms with Crippen molar-refractivity contribution in [2.24, 2.45) is 0 Å². The first-order valence-electron chi connectivity index (χ1n) is 5.17. The molecule has 1 N–H and O–H groups in total. The van der Waals surface area contributed by atoms with E-state index in [4.69, 9.17) is 10.1 Å². The summed E-state index contributed by atoms with van der Waals surface area (Å²) < 4.78 is 7.00. The van der Waals surface area contributed by atoms with Gasteiger partial charge in [0.2, 0.25) is 11.6 Å². The van der Waals surface area contributed by atoms with Crippen molar-refractivity contribution >= 4 is 5.95 Å². The van der Waals surface area contributed by atoms with Gasteiger partial charge < -0.3 is 9.64 Å². The summed E-state index contributed by atoms with van der Waals surface area (Å²) in [6.07, 6.45) is 0. The predicted octanol–water partition coefficient (Wildman–Crippen LogP) is -0.00383. The van der Waals surface area contributed by atoms with Crippen molar-refractivity contribution in [3.8, 4) is 6.01 Å². The van der Waals surface area contributed by atoms with Crippen LogP contribution in [0, 0.1) is 5.41 Å². The van der Waals surface area contributed by atoms with Crippen LogP contribution in [-0.4, -0.2) is 34.2 Å². The van der Waals surface area contributed by atoms with Crippen LogP contribution >= 0.6 is 0 Å². The Bertz CT molecular complexity index is 409. The third-order valence-corrected chi connectivity index (χ3v) is 2.48. The summed E-state index contributed by atoms with van der Waals surface area (Å²) in [5.41, 5.74) is 0.222. The van der Waals surface area contributed by atoms with Crippen LogP contribution < -0.4 is 15.3 Å². The van der Waals surface area contributed by atoms with Gasteiger partial charge in [-0.1, -0.05) is 0 Å². The molecule has 6 heteroatoms. The number of hydrogen-bond acceptors (Lipinski definition) is 5. The molecule has 0 aliphatic carbocycles. The summed E-state index contributed by atoms with van der Waals surface area (Å²) in [7, 11) is 0. The maximum Gasteiger partial charge on any atom is 0.302 e. The minimum Gasteiger partial charge on any atom is -0.463 e. The first-order valence-corrected chi connectivity index (χ1v) is 5.17. The molecule has 15 heavy (non-hydrogen) atoms. The molecule has 1 aromatic heterocycles. The minimum atomic E-state index is 0.222. The Balaban J connectivity index is 2.43. The molecule has 0 spiro atoms. The van der Waals surface area contributed by atoms with Crippen LogP contribution in [0.15, 0.2) is 0 Å². The van der Waals surface area contributed by atoms with Crippen LogP contribution in [0.1, 0.15) is 13.8 Å². The molecule has 2 rings (SSSR count). The summed E-state index contributed by atoms with van der Waals surface area (Å²) in [5.74, 6) is 0.582. The summed E-state index contributed by atoms with van der Waals surface area (Å²) >= 11 is 0. The third kappa shape index (κ3) is 1.67. The van der Waals surface area contributed by atoms with Crippen LogP contribution in [-0.2, 0) is 6.54 Å². The fourth-order valence-electron chi connectivity index (χ4n) is 1.60. The quantitative estimate of drug-likeness (QED) is 0.760. The lowest BCUT2D eigenvalue weighted by atomic mass is 10.5. The summed E-state index contributed by atoms with van der Waals surface area (Å²) in [5, 5.41) is 7.74. The SMILES string of the molecule is CCN(CC)c1nc2n(c(=N)n1)CCO2. The molecule has 0 saturated heterocycles. The zero-order valence-corrected chi connectivity index (χ0v) is 9.03. The number of ether oxygens (including phenoxy) is 1. The molecule has 0 aromatic carbocycles. The van der Waals surface area contributed by atoms with Crippen LogP contribution in [0.4, 0.5) is 5.95 Å². The van der Waals surface area contributed by atoms with Crippen molar-refractivity contribution in [3.63, 3.8) is 0 Å². The molecule has 0 unspecified atom stereocenters. The van der Waals surface area contributed by atoms with Crippen molar-refractivity contribution in [2.45, 2.75) is 20.4 Å². The maximum absolute atomic E-state index is 7.74. The smallest absolute Gasteiger partial charge is 0.302 e. The van der Waals surface area contributed by atoms with E-state index in [-0.39, 0.29) is 5.62 Å². The van der Waals surface area contributed by atoms with E-state index in [2.05, 4.69) is 9.97 Å². The molecule has 0 bridgehead atoms. The van der Waals surface area contributed by atoms with Gasteiger partial charge in [0.25, 0.3) is 0 Å². The standard InChI is InChI=1S/C9H15N5O/c1-3-13(4-2)8-11-7(10)14-5-6-15-9(14)12-8/h10H,3-6H2,1-2H3. The lowest BCUT2D eigenvalue weighted by molar-refractivity contribution is 0.344. The van der Waals surface area contributed by atoms with Gasteiger partial charge in [-0.25, -0.2) is 0 Å². The van der Waals surface area contributed by atoms with Gasteiger partial charge >= 0.3 is 6.01 Å². The number of aromatic nitrogens is 3. The average molecular weight is 209 g/mol. The molecule has 0 fully saturated rings. The second kappa shape index (κ2) is 3.88. The Kier molecular flexibility index (Phi) is 2.57. The largest absolute Gasteiger partial charge is 0.463 e. The normalized spacial score (nSPS) is 13.5. The first-order chi connectivity index (χ1) is 7.26. The van der Waals surface area contributed by atoms with Crippen molar-refractivity contribution in [2.75, 3.05) is 24.6 Å². The lowest BCUT2D eigenvalue weighted by Gasteiger charge is -2.18. The molecular weight excluding hydrogens is 194 g/mol. The van der Waals surface area contributed by atoms with Crippen molar-refractivity contribution in [3.05, 3.63) is 5.62 Å². The van der Waals surface area contributed by atoms with Crippen LogP contribution in [0.3, 0.4) is 0 Å². The number of hydrogen-bond donors (Lipinski definition) is 1. The fraction of sp³-hybridized carbons (Fsp3) is 0.667. The highest BCUT2D eigenvalue weighted by atomic mass is 16.5. The van der Waals surface area contributed by atoms with Crippen LogP contribution in [0.5, 0.6) is 6.01 Å². The van der Waals surface area contributed by atoms with E-state index in [0.29, 0.717) is 25.1 Å². The van der Waals surface area contributed by atoms with E-state index >= 15 is 0 Å². The maximum atomic E-state index is 7.74. The van der Waals surface area contributed by atoms with Gasteiger partial charge in [0.15, 0.2) is 0 Å². The fourth-order valence-corrected chi connectivity index (χ4v) is 1.60. The van der Waals surface area contributed by atoms with Gasteiger partial charge in [-0.2, -0.15) is 9.97 Å². The third-order valence-electron chi connectivity index (χ3n) is 2.48. The molecule has 0 saturated carbocycles. The monoisotopic (exact) mass is 209 g/mol. The second-order valence-corrected chi connectivity index (χ2v) is 3.30. The second-order valence-electron chi connectivity index (χ2n) is 3.30. The molecule has 1 aromatic rings. The number of anilines is 1. The molecule has 6 nitrogen and oxygen atoms in total. The predicted molar refractivity (Wildman–Crippen MR) is 54.9 cm³/mol. The van der Waals surface area contributed by atoms with Gasteiger partial charge in [-0.3, -0.25) is 9.98 Å². The Morgan fingerprint density at radius 2 is 2.13 bits per heavy atom. The van der Waals surface area contributed by atoms with E-state index in [9.17, 15) is 0 Å². The molecule has 0 radical (unpaired) electrons. The van der Waals surface area contributed by atoms with Crippen LogP contribution in [0.25, 0.3) is 0 Å². The molecule has 2 heterocycles. The van der Waals surface area contributed by atoms with E-state index in [1.54, 1.807) is 4.57 Å². The summed E-state index contributed by atoms with van der Waals surface area (Å²) in [6.45, 7) is 7.00. The van der Waals surface area contributed by atoms with Gasteiger partial charge in [0, 0.05) is 13.1 Å². The van der Waals surface area contributed by atoms with Crippen molar-refractivity contribution < 1.29 is 4.74 Å². The highest BCUT2D eigenvalue weighted by Gasteiger charge is 2.17. The van der Waals surface area contributed by atoms with E-state index in [1.165, 1.54) is 0 Å². The molecule has 1 aliphatic rings.